The van der Waals surface area contributed by atoms with Crippen LogP contribution in [0.25, 0.3) is 0 Å². The Morgan fingerprint density at radius 1 is 1.39 bits per heavy atom. The molecule has 2 aromatic rings. The van der Waals surface area contributed by atoms with Crippen LogP contribution in [-0.4, -0.2) is 15.3 Å². The van der Waals surface area contributed by atoms with Crippen molar-refractivity contribution in [3.8, 4) is 0 Å². The van der Waals surface area contributed by atoms with E-state index in [1.807, 2.05) is 29.8 Å². The zero-order valence-corrected chi connectivity index (χ0v) is 11.2. The summed E-state index contributed by atoms with van der Waals surface area (Å²) in [6.45, 7) is 4.78. The third-order valence-electron chi connectivity index (χ3n) is 2.69. The predicted molar refractivity (Wildman–Crippen MR) is 72.1 cm³/mol. The Balaban J connectivity index is 2.38. The summed E-state index contributed by atoms with van der Waals surface area (Å²) in [5.74, 6) is 0.387. The lowest BCUT2D eigenvalue weighted by Crippen LogP contribution is -2.11. The molecule has 0 saturated heterocycles. The van der Waals surface area contributed by atoms with Crippen molar-refractivity contribution in [2.75, 3.05) is 0 Å². The van der Waals surface area contributed by atoms with E-state index in [0.717, 1.165) is 18.5 Å². The van der Waals surface area contributed by atoms with Gasteiger partial charge in [0.1, 0.15) is 0 Å². The van der Waals surface area contributed by atoms with Crippen LogP contribution in [0.15, 0.2) is 30.6 Å². The van der Waals surface area contributed by atoms with Gasteiger partial charge in [0.2, 0.25) is 5.78 Å². The van der Waals surface area contributed by atoms with Crippen molar-refractivity contribution in [3.05, 3.63) is 52.6 Å². The SMILES string of the molecule is CCCn1ccnc1C(=O)c1cc(C)cc(Cl)c1. The van der Waals surface area contributed by atoms with E-state index in [0.29, 0.717) is 16.4 Å². The fraction of sp³-hybridized carbons (Fsp3) is 0.286. The van der Waals surface area contributed by atoms with Crippen LogP contribution in [0.2, 0.25) is 5.02 Å². The van der Waals surface area contributed by atoms with Crippen LogP contribution in [0.4, 0.5) is 0 Å². The summed E-state index contributed by atoms with van der Waals surface area (Å²) in [6.07, 6.45) is 4.44. The number of nitrogens with zero attached hydrogens (tertiary/aromatic N) is 2. The van der Waals surface area contributed by atoms with Crippen molar-refractivity contribution in [1.82, 2.24) is 9.55 Å². The molecule has 2 rings (SSSR count). The van der Waals surface area contributed by atoms with Gasteiger partial charge in [-0.3, -0.25) is 4.79 Å². The van der Waals surface area contributed by atoms with Gasteiger partial charge in [0.05, 0.1) is 0 Å². The van der Waals surface area contributed by atoms with Crippen LogP contribution in [-0.2, 0) is 6.54 Å². The average molecular weight is 263 g/mol. The molecule has 0 aliphatic carbocycles. The molecule has 0 saturated carbocycles. The molecule has 18 heavy (non-hydrogen) atoms. The van der Waals surface area contributed by atoms with Crippen molar-refractivity contribution >= 4 is 17.4 Å². The van der Waals surface area contributed by atoms with Crippen LogP contribution in [0.3, 0.4) is 0 Å². The van der Waals surface area contributed by atoms with Crippen molar-refractivity contribution in [2.24, 2.45) is 0 Å². The second kappa shape index (κ2) is 5.36. The lowest BCUT2D eigenvalue weighted by atomic mass is 10.1. The third kappa shape index (κ3) is 2.62. The number of aromatic nitrogens is 2. The highest BCUT2D eigenvalue weighted by Crippen LogP contribution is 2.17. The van der Waals surface area contributed by atoms with E-state index >= 15 is 0 Å². The Labute approximate surface area is 111 Å². The highest BCUT2D eigenvalue weighted by atomic mass is 35.5. The number of rotatable bonds is 4. The zero-order valence-electron chi connectivity index (χ0n) is 10.5. The van der Waals surface area contributed by atoms with E-state index in [1.54, 1.807) is 12.3 Å². The van der Waals surface area contributed by atoms with E-state index in [2.05, 4.69) is 11.9 Å². The van der Waals surface area contributed by atoms with E-state index < -0.39 is 0 Å². The summed E-state index contributed by atoms with van der Waals surface area (Å²) in [5, 5.41) is 0.576. The Hall–Kier alpha value is -1.61. The third-order valence-corrected chi connectivity index (χ3v) is 2.91. The molecule has 0 N–H and O–H groups in total. The molecule has 0 aliphatic heterocycles. The molecule has 1 heterocycles. The minimum absolute atomic E-state index is 0.0842. The normalized spacial score (nSPS) is 10.6. The molecular formula is C14H15ClN2O. The first-order valence-electron chi connectivity index (χ1n) is 5.95. The summed E-state index contributed by atoms with van der Waals surface area (Å²) < 4.78 is 1.87. The molecule has 1 aromatic heterocycles. The zero-order chi connectivity index (χ0) is 13.1. The van der Waals surface area contributed by atoms with Gasteiger partial charge in [-0.1, -0.05) is 18.5 Å². The minimum atomic E-state index is -0.0842. The van der Waals surface area contributed by atoms with Gasteiger partial charge in [-0.05, 0) is 37.1 Å². The number of halogens is 1. The number of carbonyl (C=O) groups excluding carboxylic acids is 1. The Bertz CT molecular complexity index is 555. The molecule has 0 radical (unpaired) electrons. The first-order valence-corrected chi connectivity index (χ1v) is 6.32. The number of carbonyl (C=O) groups is 1. The number of hydrogen-bond acceptors (Lipinski definition) is 2. The van der Waals surface area contributed by atoms with Crippen molar-refractivity contribution < 1.29 is 4.79 Å². The second-order valence-corrected chi connectivity index (χ2v) is 4.73. The standard InChI is InChI=1S/C14H15ClN2O/c1-3-5-17-6-4-16-14(17)13(18)11-7-10(2)8-12(15)9-11/h4,6-9H,3,5H2,1-2H3. The van der Waals surface area contributed by atoms with E-state index in [9.17, 15) is 4.79 Å². The first-order chi connectivity index (χ1) is 8.61. The van der Waals surface area contributed by atoms with Gasteiger partial charge in [0, 0.05) is 29.5 Å². The van der Waals surface area contributed by atoms with Crippen LogP contribution in [0.1, 0.15) is 35.1 Å². The Morgan fingerprint density at radius 2 is 2.17 bits per heavy atom. The van der Waals surface area contributed by atoms with Gasteiger partial charge in [-0.25, -0.2) is 4.98 Å². The summed E-state index contributed by atoms with van der Waals surface area (Å²) in [6, 6.07) is 5.35. The Kier molecular flexibility index (Phi) is 3.82. The molecule has 0 aliphatic rings. The molecule has 1 aromatic carbocycles. The molecule has 0 spiro atoms. The molecule has 3 nitrogen and oxygen atoms in total. The number of benzene rings is 1. The number of hydrogen-bond donors (Lipinski definition) is 0. The van der Waals surface area contributed by atoms with Crippen LogP contribution in [0.5, 0.6) is 0 Å². The Morgan fingerprint density at radius 3 is 2.83 bits per heavy atom. The van der Waals surface area contributed by atoms with Crippen molar-refractivity contribution in [1.29, 1.82) is 0 Å². The summed E-state index contributed by atoms with van der Waals surface area (Å²) in [5.41, 5.74) is 1.56. The molecule has 0 atom stereocenters. The van der Waals surface area contributed by atoms with Gasteiger partial charge in [-0.2, -0.15) is 0 Å². The quantitative estimate of drug-likeness (QED) is 0.791. The maximum atomic E-state index is 12.4. The summed E-state index contributed by atoms with van der Waals surface area (Å²) in [4.78, 5) is 16.5. The maximum absolute atomic E-state index is 12.4. The van der Waals surface area contributed by atoms with E-state index in [4.69, 9.17) is 11.6 Å². The lowest BCUT2D eigenvalue weighted by molar-refractivity contribution is 0.102. The highest BCUT2D eigenvalue weighted by molar-refractivity contribution is 6.31. The van der Waals surface area contributed by atoms with Gasteiger partial charge in [-0.15, -0.1) is 0 Å². The second-order valence-electron chi connectivity index (χ2n) is 4.29. The van der Waals surface area contributed by atoms with Gasteiger partial charge in [0.15, 0.2) is 5.82 Å². The van der Waals surface area contributed by atoms with Crippen LogP contribution >= 0.6 is 11.6 Å². The van der Waals surface area contributed by atoms with Gasteiger partial charge in [0.25, 0.3) is 0 Å². The molecule has 4 heteroatoms. The van der Waals surface area contributed by atoms with E-state index in [1.165, 1.54) is 0 Å². The largest absolute Gasteiger partial charge is 0.328 e. The summed E-state index contributed by atoms with van der Waals surface area (Å²) in [7, 11) is 0. The van der Waals surface area contributed by atoms with Gasteiger partial charge < -0.3 is 4.57 Å². The minimum Gasteiger partial charge on any atom is -0.328 e. The summed E-state index contributed by atoms with van der Waals surface area (Å²) >= 11 is 5.98. The number of imidazole rings is 1. The average Bonchev–Trinajstić information content (AvgIpc) is 2.75. The maximum Gasteiger partial charge on any atom is 0.228 e. The monoisotopic (exact) mass is 262 g/mol. The fourth-order valence-corrected chi connectivity index (χ4v) is 2.23. The van der Waals surface area contributed by atoms with Crippen LogP contribution < -0.4 is 0 Å². The molecule has 0 fully saturated rings. The van der Waals surface area contributed by atoms with Crippen molar-refractivity contribution in [2.45, 2.75) is 26.8 Å². The van der Waals surface area contributed by atoms with Crippen molar-refractivity contribution in [3.63, 3.8) is 0 Å². The van der Waals surface area contributed by atoms with Crippen LogP contribution in [0, 0.1) is 6.92 Å². The smallest absolute Gasteiger partial charge is 0.228 e. The number of aryl methyl sites for hydroxylation is 2. The van der Waals surface area contributed by atoms with E-state index in [-0.39, 0.29) is 5.78 Å². The number of ketones is 1. The molecule has 0 unspecified atom stereocenters. The molecule has 0 amide bonds. The lowest BCUT2D eigenvalue weighted by Gasteiger charge is -2.06. The molecule has 94 valence electrons. The topological polar surface area (TPSA) is 34.9 Å². The predicted octanol–water partition coefficient (Wildman–Crippen LogP) is 3.49. The molecular weight excluding hydrogens is 248 g/mol. The van der Waals surface area contributed by atoms with Gasteiger partial charge >= 0.3 is 0 Å². The fourth-order valence-electron chi connectivity index (χ4n) is 1.94. The molecule has 0 bridgehead atoms. The highest BCUT2D eigenvalue weighted by Gasteiger charge is 2.15. The first kappa shape index (κ1) is 12.8.